The first kappa shape index (κ1) is 13.1. The van der Waals surface area contributed by atoms with Crippen molar-refractivity contribution in [2.45, 2.75) is 25.4 Å². The molecule has 2 aliphatic heterocycles. The fraction of sp³-hybridized carbons (Fsp3) is 0.308. The molecule has 1 N–H and O–H groups in total. The second kappa shape index (κ2) is 4.56. The van der Waals surface area contributed by atoms with Crippen LogP contribution in [0.3, 0.4) is 0 Å². The first-order chi connectivity index (χ1) is 9.47. The lowest BCUT2D eigenvalue weighted by Gasteiger charge is -2.29. The summed E-state index contributed by atoms with van der Waals surface area (Å²) in [4.78, 5) is 36.5. The van der Waals surface area contributed by atoms with Gasteiger partial charge in [-0.25, -0.2) is 4.39 Å². The van der Waals surface area contributed by atoms with Gasteiger partial charge < -0.3 is 4.90 Å². The number of piperidine rings is 1. The quantitative estimate of drug-likeness (QED) is 0.793. The van der Waals surface area contributed by atoms with E-state index >= 15 is 0 Å². The van der Waals surface area contributed by atoms with Crippen LogP contribution in [0.15, 0.2) is 12.1 Å². The summed E-state index contributed by atoms with van der Waals surface area (Å²) in [5.41, 5.74) is 0.808. The summed E-state index contributed by atoms with van der Waals surface area (Å²) in [6, 6.07) is 1.79. The van der Waals surface area contributed by atoms with Gasteiger partial charge in [-0.3, -0.25) is 19.7 Å². The summed E-state index contributed by atoms with van der Waals surface area (Å²) in [5, 5.41) is 2.15. The maximum atomic E-state index is 13.4. The number of carbonyl (C=O) groups excluding carboxylic acids is 3. The number of hydrogen-bond acceptors (Lipinski definition) is 3. The highest BCUT2D eigenvalue weighted by molar-refractivity contribution is 6.31. The molecule has 0 spiro atoms. The minimum atomic E-state index is -0.700. The Kier molecular flexibility index (Phi) is 2.97. The number of fused-ring (bicyclic) bond motifs is 1. The van der Waals surface area contributed by atoms with E-state index in [4.69, 9.17) is 11.6 Å². The number of halogens is 2. The molecule has 104 valence electrons. The minimum Gasteiger partial charge on any atom is -0.322 e. The summed E-state index contributed by atoms with van der Waals surface area (Å²) >= 11 is 5.69. The van der Waals surface area contributed by atoms with Gasteiger partial charge in [0, 0.05) is 18.5 Å². The number of carbonyl (C=O) groups is 3. The molecule has 2 heterocycles. The molecule has 0 aromatic heterocycles. The molecule has 1 fully saturated rings. The van der Waals surface area contributed by atoms with Crippen molar-refractivity contribution in [3.8, 4) is 0 Å². The van der Waals surface area contributed by atoms with E-state index in [0.717, 1.165) is 6.07 Å². The molecule has 0 aliphatic carbocycles. The van der Waals surface area contributed by atoms with Crippen molar-refractivity contribution in [1.29, 1.82) is 0 Å². The maximum Gasteiger partial charge on any atom is 0.255 e. The molecule has 0 saturated carbocycles. The molecule has 0 bridgehead atoms. The molecule has 7 heteroatoms. The Hall–Kier alpha value is -1.95. The van der Waals surface area contributed by atoms with Crippen LogP contribution in [0.2, 0.25) is 5.02 Å². The van der Waals surface area contributed by atoms with Crippen LogP contribution in [-0.2, 0) is 16.1 Å². The number of nitrogens with one attached hydrogen (secondary N) is 1. The molecule has 1 saturated heterocycles. The second-order valence-electron chi connectivity index (χ2n) is 4.82. The highest BCUT2D eigenvalue weighted by atomic mass is 35.5. The Labute approximate surface area is 118 Å². The number of hydrogen-bond donors (Lipinski definition) is 1. The third-order valence-electron chi connectivity index (χ3n) is 3.56. The molecule has 1 aromatic rings. The van der Waals surface area contributed by atoms with Crippen molar-refractivity contribution in [1.82, 2.24) is 10.2 Å². The standard InChI is InChI=1S/C13H10ClFN2O3/c14-8-3-6-5-17(13(20)7(6)4-9(8)15)10-1-2-11(18)16-12(10)19/h3-4,10H,1-2,5H2,(H,16,18,19). The second-order valence-corrected chi connectivity index (χ2v) is 5.23. The SMILES string of the molecule is O=C1CCC(N2Cc3cc(Cl)c(F)cc3C2=O)C(=O)N1. The fourth-order valence-corrected chi connectivity index (χ4v) is 2.75. The van der Waals surface area contributed by atoms with Gasteiger partial charge in [-0.2, -0.15) is 0 Å². The summed E-state index contributed by atoms with van der Waals surface area (Å²) < 4.78 is 13.4. The van der Waals surface area contributed by atoms with E-state index in [1.165, 1.54) is 11.0 Å². The van der Waals surface area contributed by atoms with Crippen LogP contribution in [-0.4, -0.2) is 28.7 Å². The van der Waals surface area contributed by atoms with Gasteiger partial charge in [0.2, 0.25) is 11.8 Å². The van der Waals surface area contributed by atoms with Crippen molar-refractivity contribution >= 4 is 29.3 Å². The van der Waals surface area contributed by atoms with Crippen molar-refractivity contribution in [2.75, 3.05) is 0 Å². The largest absolute Gasteiger partial charge is 0.322 e. The van der Waals surface area contributed by atoms with Gasteiger partial charge in [0.15, 0.2) is 0 Å². The number of nitrogens with zero attached hydrogens (tertiary/aromatic N) is 1. The van der Waals surface area contributed by atoms with E-state index in [2.05, 4.69) is 5.32 Å². The van der Waals surface area contributed by atoms with E-state index in [-0.39, 0.29) is 35.9 Å². The normalized spacial score (nSPS) is 22.0. The molecule has 0 radical (unpaired) electrons. The van der Waals surface area contributed by atoms with Crippen LogP contribution in [0.1, 0.15) is 28.8 Å². The molecule has 3 rings (SSSR count). The molecule has 2 aliphatic rings. The average molecular weight is 297 g/mol. The van der Waals surface area contributed by atoms with Gasteiger partial charge in [-0.05, 0) is 24.1 Å². The van der Waals surface area contributed by atoms with Crippen LogP contribution in [0.4, 0.5) is 4.39 Å². The number of amides is 3. The molecule has 1 unspecified atom stereocenters. The zero-order valence-corrected chi connectivity index (χ0v) is 11.0. The number of benzene rings is 1. The van der Waals surface area contributed by atoms with E-state index < -0.39 is 23.7 Å². The Morgan fingerprint density at radius 3 is 2.75 bits per heavy atom. The van der Waals surface area contributed by atoms with E-state index in [9.17, 15) is 18.8 Å². The fourth-order valence-electron chi connectivity index (χ4n) is 2.56. The molecule has 5 nitrogen and oxygen atoms in total. The molecular weight excluding hydrogens is 287 g/mol. The van der Waals surface area contributed by atoms with Gasteiger partial charge in [-0.15, -0.1) is 0 Å². The molecule has 3 amide bonds. The molecule has 1 atom stereocenters. The predicted molar refractivity (Wildman–Crippen MR) is 67.5 cm³/mol. The van der Waals surface area contributed by atoms with Gasteiger partial charge in [0.1, 0.15) is 11.9 Å². The Morgan fingerprint density at radius 2 is 2.05 bits per heavy atom. The van der Waals surface area contributed by atoms with Gasteiger partial charge in [-0.1, -0.05) is 11.6 Å². The Bertz CT molecular complexity index is 647. The summed E-state index contributed by atoms with van der Waals surface area (Å²) in [5.74, 6) is -1.91. The Morgan fingerprint density at radius 1 is 1.30 bits per heavy atom. The van der Waals surface area contributed by atoms with Crippen molar-refractivity contribution in [3.05, 3.63) is 34.1 Å². The highest BCUT2D eigenvalue weighted by Crippen LogP contribution is 2.30. The van der Waals surface area contributed by atoms with Gasteiger partial charge in [0.25, 0.3) is 5.91 Å². The van der Waals surface area contributed by atoms with Crippen molar-refractivity contribution in [3.63, 3.8) is 0 Å². The summed E-state index contributed by atoms with van der Waals surface area (Å²) in [6.07, 6.45) is 0.465. The smallest absolute Gasteiger partial charge is 0.255 e. The summed E-state index contributed by atoms with van der Waals surface area (Å²) in [7, 11) is 0. The third-order valence-corrected chi connectivity index (χ3v) is 3.85. The van der Waals surface area contributed by atoms with E-state index in [1.54, 1.807) is 0 Å². The third kappa shape index (κ3) is 1.96. The molecule has 20 heavy (non-hydrogen) atoms. The lowest BCUT2D eigenvalue weighted by molar-refractivity contribution is -0.136. The van der Waals surface area contributed by atoms with Crippen LogP contribution in [0.5, 0.6) is 0 Å². The monoisotopic (exact) mass is 296 g/mol. The topological polar surface area (TPSA) is 66.5 Å². The Balaban J connectivity index is 1.90. The van der Waals surface area contributed by atoms with Gasteiger partial charge in [0.05, 0.1) is 5.02 Å². The highest BCUT2D eigenvalue weighted by Gasteiger charge is 2.39. The first-order valence-corrected chi connectivity index (χ1v) is 6.48. The van der Waals surface area contributed by atoms with Crippen molar-refractivity contribution in [2.24, 2.45) is 0 Å². The van der Waals surface area contributed by atoms with Crippen molar-refractivity contribution < 1.29 is 18.8 Å². The number of imide groups is 1. The lowest BCUT2D eigenvalue weighted by Crippen LogP contribution is -2.52. The molecular formula is C13H10ClFN2O3. The van der Waals surface area contributed by atoms with E-state index in [1.807, 2.05) is 0 Å². The van der Waals surface area contributed by atoms with Crippen LogP contribution in [0.25, 0.3) is 0 Å². The van der Waals surface area contributed by atoms with E-state index in [0.29, 0.717) is 5.56 Å². The summed E-state index contributed by atoms with van der Waals surface area (Å²) in [6.45, 7) is 0.195. The maximum absolute atomic E-state index is 13.4. The predicted octanol–water partition coefficient (Wildman–Crippen LogP) is 1.24. The van der Waals surface area contributed by atoms with Gasteiger partial charge >= 0.3 is 0 Å². The average Bonchev–Trinajstić information content (AvgIpc) is 2.68. The zero-order chi connectivity index (χ0) is 14.4. The van der Waals surface area contributed by atoms with Crippen LogP contribution >= 0.6 is 11.6 Å². The zero-order valence-electron chi connectivity index (χ0n) is 10.3. The number of rotatable bonds is 1. The van der Waals surface area contributed by atoms with Crippen LogP contribution < -0.4 is 5.32 Å². The minimum absolute atomic E-state index is 0.0540. The lowest BCUT2D eigenvalue weighted by atomic mass is 10.0. The first-order valence-electron chi connectivity index (χ1n) is 6.10. The molecule has 1 aromatic carbocycles. The van der Waals surface area contributed by atoms with Crippen LogP contribution in [0, 0.1) is 5.82 Å².